The predicted molar refractivity (Wildman–Crippen MR) is 130 cm³/mol. The zero-order chi connectivity index (χ0) is 27.4. The Kier molecular flexibility index (Phi) is 6.09. The number of nitrogens with one attached hydrogen (secondary N) is 1. The minimum atomic E-state index is -4.97. The molecule has 3 aromatic heterocycles. The predicted octanol–water partition coefficient (Wildman–Crippen LogP) is 5.86. The molecule has 0 atom stereocenters. The van der Waals surface area contributed by atoms with Crippen LogP contribution in [0.15, 0.2) is 28.9 Å². The highest BCUT2D eigenvalue weighted by Crippen LogP contribution is 2.45. The number of anilines is 1. The fraction of sp³-hybridized carbons (Fsp3) is 0.320. The van der Waals surface area contributed by atoms with Crippen LogP contribution < -0.4 is 15.8 Å². The maximum Gasteiger partial charge on any atom is 0.434 e. The third-order valence-corrected chi connectivity index (χ3v) is 5.66. The third-order valence-electron chi connectivity index (χ3n) is 5.66. The van der Waals surface area contributed by atoms with Crippen LogP contribution in [0.5, 0.6) is 5.75 Å². The zero-order valence-electron chi connectivity index (χ0n) is 21.0. The van der Waals surface area contributed by atoms with Crippen LogP contribution in [-0.4, -0.2) is 34.3 Å². The molecule has 0 saturated heterocycles. The van der Waals surface area contributed by atoms with Gasteiger partial charge < -0.3 is 19.6 Å². The molecular formula is C25H25F3N4O5. The first-order chi connectivity index (χ1) is 17.2. The lowest BCUT2D eigenvalue weighted by molar-refractivity contribution is -0.139. The Bertz CT molecular complexity index is 1560. The van der Waals surface area contributed by atoms with Gasteiger partial charge in [-0.15, -0.1) is 0 Å². The number of aryl methyl sites for hydroxylation is 1. The lowest BCUT2D eigenvalue weighted by Gasteiger charge is -2.22. The van der Waals surface area contributed by atoms with E-state index in [0.29, 0.717) is 22.6 Å². The topological polar surface area (TPSA) is 122 Å². The lowest BCUT2D eigenvalue weighted by atomic mass is 10.1. The number of halogens is 3. The average Bonchev–Trinajstić information content (AvgIpc) is 3.34. The molecular weight excluding hydrogens is 493 g/mol. The largest absolute Gasteiger partial charge is 0.496 e. The number of rotatable bonds is 4. The summed E-state index contributed by atoms with van der Waals surface area (Å²) in [6, 6.07) is 4.66. The van der Waals surface area contributed by atoms with Crippen LogP contribution in [0.4, 0.5) is 23.8 Å². The maximum absolute atomic E-state index is 14.3. The summed E-state index contributed by atoms with van der Waals surface area (Å²) in [5.41, 5.74) is 3.93. The van der Waals surface area contributed by atoms with Crippen molar-refractivity contribution in [2.75, 3.05) is 12.4 Å². The van der Waals surface area contributed by atoms with Gasteiger partial charge in [0.25, 0.3) is 5.91 Å². The van der Waals surface area contributed by atoms with Crippen molar-refractivity contribution in [1.29, 1.82) is 0 Å². The van der Waals surface area contributed by atoms with E-state index in [0.717, 1.165) is 0 Å². The van der Waals surface area contributed by atoms with Crippen LogP contribution in [0.25, 0.3) is 27.7 Å². The summed E-state index contributed by atoms with van der Waals surface area (Å²) < 4.78 is 60.6. The van der Waals surface area contributed by atoms with Gasteiger partial charge in [-0.2, -0.15) is 13.2 Å². The van der Waals surface area contributed by atoms with Gasteiger partial charge in [-0.1, -0.05) is 6.07 Å². The molecule has 0 aliphatic carbocycles. The molecule has 0 aliphatic rings. The number of benzene rings is 1. The summed E-state index contributed by atoms with van der Waals surface area (Å²) in [5, 5.41) is 1.84. The number of hydrogen-bond donors (Lipinski definition) is 2. The van der Waals surface area contributed by atoms with E-state index in [2.05, 4.69) is 10.3 Å². The fourth-order valence-electron chi connectivity index (χ4n) is 4.33. The van der Waals surface area contributed by atoms with Crippen LogP contribution in [0.3, 0.4) is 0 Å². The van der Waals surface area contributed by atoms with Gasteiger partial charge in [-0.05, 0) is 46.2 Å². The Labute approximate surface area is 209 Å². The van der Waals surface area contributed by atoms with E-state index in [1.807, 2.05) is 0 Å². The molecule has 12 heteroatoms. The molecule has 3 heterocycles. The number of nitrogens with zero attached hydrogens (tertiary/aromatic N) is 2. The third kappa shape index (κ3) is 4.43. The first-order valence-corrected chi connectivity index (χ1v) is 11.1. The van der Waals surface area contributed by atoms with E-state index >= 15 is 0 Å². The second kappa shape index (κ2) is 8.71. The van der Waals surface area contributed by atoms with Crippen LogP contribution in [0, 0.1) is 13.8 Å². The Morgan fingerprint density at radius 1 is 1.14 bits per heavy atom. The van der Waals surface area contributed by atoms with Gasteiger partial charge in [0.1, 0.15) is 28.2 Å². The van der Waals surface area contributed by atoms with Crippen molar-refractivity contribution in [1.82, 2.24) is 9.55 Å². The number of aromatic nitrogens is 2. The van der Waals surface area contributed by atoms with Crippen molar-refractivity contribution >= 4 is 39.8 Å². The number of carbonyl (C=O) groups excluding carboxylic acids is 2. The van der Waals surface area contributed by atoms with Gasteiger partial charge in [-0.3, -0.25) is 14.7 Å². The Balaban J connectivity index is 2.27. The van der Waals surface area contributed by atoms with Crippen LogP contribution >= 0.6 is 0 Å². The first kappa shape index (κ1) is 25.9. The van der Waals surface area contributed by atoms with E-state index < -0.39 is 40.4 Å². The van der Waals surface area contributed by atoms with Gasteiger partial charge in [0.2, 0.25) is 0 Å². The molecule has 4 rings (SSSR count). The number of carbonyl (C=O) groups is 2. The summed E-state index contributed by atoms with van der Waals surface area (Å²) in [6.07, 6.45) is -4.79. The van der Waals surface area contributed by atoms with Gasteiger partial charge in [0.15, 0.2) is 11.3 Å². The Morgan fingerprint density at radius 2 is 1.81 bits per heavy atom. The van der Waals surface area contributed by atoms with E-state index in [-0.39, 0.29) is 22.4 Å². The molecule has 0 radical (unpaired) electrons. The number of fused-ring (bicyclic) bond motifs is 3. The summed E-state index contributed by atoms with van der Waals surface area (Å²) >= 11 is 0. The minimum Gasteiger partial charge on any atom is -0.496 e. The molecule has 9 nitrogen and oxygen atoms in total. The SMILES string of the molecule is COc1ccc(C)c(-n2c(NC(=O)OC(C)(C)C)c(C(N)=O)c3c(C(F)(F)F)nc4ccoc4c32)c1C. The van der Waals surface area contributed by atoms with Gasteiger partial charge in [0.05, 0.1) is 24.6 Å². The summed E-state index contributed by atoms with van der Waals surface area (Å²) in [5.74, 6) is -1.12. The number of hydrogen-bond acceptors (Lipinski definition) is 6. The molecule has 0 bridgehead atoms. The van der Waals surface area contributed by atoms with Gasteiger partial charge in [-0.25, -0.2) is 9.78 Å². The van der Waals surface area contributed by atoms with Crippen molar-refractivity contribution in [3.63, 3.8) is 0 Å². The molecule has 37 heavy (non-hydrogen) atoms. The number of nitrogens with two attached hydrogens (primary N) is 1. The molecule has 2 amide bonds. The van der Waals surface area contributed by atoms with Crippen molar-refractivity contribution in [2.24, 2.45) is 5.73 Å². The molecule has 0 aliphatic heterocycles. The standard InChI is InChI=1S/C25H25F3N4O5/c1-11-7-8-14(35-6)12(2)17(11)32-18-15(20(25(26,27)28)30-13-9-10-36-19(13)18)16(21(29)33)22(32)31-23(34)37-24(3,4)5/h7-10H,1-6H3,(H2,29,33)(H,31,34). The van der Waals surface area contributed by atoms with Crippen LogP contribution in [-0.2, 0) is 10.9 Å². The molecule has 0 unspecified atom stereocenters. The monoisotopic (exact) mass is 518 g/mol. The number of furan rings is 1. The average molecular weight is 518 g/mol. The minimum absolute atomic E-state index is 0.0376. The highest BCUT2D eigenvalue weighted by molar-refractivity contribution is 6.19. The summed E-state index contributed by atoms with van der Waals surface area (Å²) in [4.78, 5) is 29.4. The van der Waals surface area contributed by atoms with Crippen LogP contribution in [0.1, 0.15) is 48.0 Å². The number of pyridine rings is 1. The number of amides is 2. The maximum atomic E-state index is 14.3. The Morgan fingerprint density at radius 3 is 2.38 bits per heavy atom. The lowest BCUT2D eigenvalue weighted by Crippen LogP contribution is -2.29. The first-order valence-electron chi connectivity index (χ1n) is 11.1. The van der Waals surface area contributed by atoms with Crippen molar-refractivity contribution in [3.05, 3.63) is 46.8 Å². The Hall–Kier alpha value is -4.22. The number of primary amides is 1. The molecule has 4 aromatic rings. The molecule has 0 fully saturated rings. The second-order valence-electron chi connectivity index (χ2n) is 9.43. The quantitative estimate of drug-likeness (QED) is 0.349. The zero-order valence-corrected chi connectivity index (χ0v) is 21.0. The molecule has 1 aromatic carbocycles. The van der Waals surface area contributed by atoms with E-state index in [1.54, 1.807) is 46.8 Å². The highest BCUT2D eigenvalue weighted by Gasteiger charge is 2.41. The van der Waals surface area contributed by atoms with E-state index in [4.69, 9.17) is 19.6 Å². The van der Waals surface area contributed by atoms with Crippen LogP contribution in [0.2, 0.25) is 0 Å². The normalized spacial score (nSPS) is 12.2. The van der Waals surface area contributed by atoms with Crippen molar-refractivity contribution in [2.45, 2.75) is 46.4 Å². The summed E-state index contributed by atoms with van der Waals surface area (Å²) in [6.45, 7) is 8.27. The van der Waals surface area contributed by atoms with Crippen molar-refractivity contribution in [3.8, 4) is 11.4 Å². The van der Waals surface area contributed by atoms with E-state index in [1.165, 1.54) is 24.0 Å². The fourth-order valence-corrected chi connectivity index (χ4v) is 4.33. The number of ether oxygens (including phenoxy) is 2. The van der Waals surface area contributed by atoms with Gasteiger partial charge >= 0.3 is 12.3 Å². The van der Waals surface area contributed by atoms with E-state index in [9.17, 15) is 22.8 Å². The van der Waals surface area contributed by atoms with Crippen molar-refractivity contribution < 1.29 is 36.7 Å². The second-order valence-corrected chi connectivity index (χ2v) is 9.43. The number of alkyl halides is 3. The summed E-state index contributed by atoms with van der Waals surface area (Å²) in [7, 11) is 1.44. The molecule has 196 valence electrons. The molecule has 3 N–H and O–H groups in total. The molecule has 0 spiro atoms. The highest BCUT2D eigenvalue weighted by atomic mass is 19.4. The van der Waals surface area contributed by atoms with Gasteiger partial charge in [0, 0.05) is 17.0 Å². The molecule has 0 saturated carbocycles. The smallest absolute Gasteiger partial charge is 0.434 e. The number of methoxy groups -OCH3 is 1.